The summed E-state index contributed by atoms with van der Waals surface area (Å²) < 4.78 is 15.1. The standard InChI is InChI=1S/C19H18FN3OS/c1-14-5-7-15(8-6-14)12-23-10-9-21-19(23)25-13-18(24)22-17-4-2-3-16(20)11-17/h2-11H,12-13H2,1H3,(H,22,24). The van der Waals surface area contributed by atoms with Gasteiger partial charge in [-0.25, -0.2) is 9.37 Å². The average Bonchev–Trinajstić information content (AvgIpc) is 3.02. The highest BCUT2D eigenvalue weighted by molar-refractivity contribution is 7.99. The Morgan fingerprint density at radius 3 is 2.80 bits per heavy atom. The Morgan fingerprint density at radius 1 is 1.24 bits per heavy atom. The number of benzene rings is 2. The van der Waals surface area contributed by atoms with E-state index in [0.29, 0.717) is 12.2 Å². The van der Waals surface area contributed by atoms with Crippen LogP contribution in [0.1, 0.15) is 11.1 Å². The summed E-state index contributed by atoms with van der Waals surface area (Å²) in [5.74, 6) is -0.360. The summed E-state index contributed by atoms with van der Waals surface area (Å²) in [5, 5.41) is 3.46. The fraction of sp³-hybridized carbons (Fsp3) is 0.158. The van der Waals surface area contributed by atoms with Crippen molar-refractivity contribution in [3.05, 3.63) is 77.9 Å². The van der Waals surface area contributed by atoms with E-state index in [1.165, 1.54) is 35.0 Å². The average molecular weight is 355 g/mol. The van der Waals surface area contributed by atoms with Crippen LogP contribution in [-0.4, -0.2) is 21.2 Å². The summed E-state index contributed by atoms with van der Waals surface area (Å²) in [6.07, 6.45) is 3.62. The van der Waals surface area contributed by atoms with Gasteiger partial charge in [0.25, 0.3) is 0 Å². The van der Waals surface area contributed by atoms with Gasteiger partial charge >= 0.3 is 0 Å². The molecule has 1 heterocycles. The maximum absolute atomic E-state index is 13.1. The third-order valence-corrected chi connectivity index (χ3v) is 4.60. The first-order chi connectivity index (χ1) is 12.1. The van der Waals surface area contributed by atoms with Crippen molar-refractivity contribution in [1.82, 2.24) is 9.55 Å². The van der Waals surface area contributed by atoms with Crippen LogP contribution in [0.4, 0.5) is 10.1 Å². The number of carbonyl (C=O) groups excluding carboxylic acids is 1. The smallest absolute Gasteiger partial charge is 0.234 e. The van der Waals surface area contributed by atoms with Crippen LogP contribution in [0.5, 0.6) is 0 Å². The van der Waals surface area contributed by atoms with Gasteiger partial charge in [0.2, 0.25) is 5.91 Å². The molecular weight excluding hydrogens is 337 g/mol. The molecule has 25 heavy (non-hydrogen) atoms. The van der Waals surface area contributed by atoms with Gasteiger partial charge in [-0.05, 0) is 30.7 Å². The van der Waals surface area contributed by atoms with Crippen LogP contribution in [0.15, 0.2) is 66.1 Å². The van der Waals surface area contributed by atoms with Crippen molar-refractivity contribution in [2.24, 2.45) is 0 Å². The van der Waals surface area contributed by atoms with E-state index in [-0.39, 0.29) is 17.5 Å². The molecule has 2 aromatic carbocycles. The topological polar surface area (TPSA) is 46.9 Å². The molecule has 3 rings (SSSR count). The van der Waals surface area contributed by atoms with Crippen molar-refractivity contribution in [2.75, 3.05) is 11.1 Å². The molecule has 0 radical (unpaired) electrons. The molecule has 1 amide bonds. The lowest BCUT2D eigenvalue weighted by molar-refractivity contribution is -0.113. The van der Waals surface area contributed by atoms with Crippen LogP contribution in [0, 0.1) is 12.7 Å². The Hall–Kier alpha value is -2.60. The highest BCUT2D eigenvalue weighted by Gasteiger charge is 2.09. The van der Waals surface area contributed by atoms with Crippen LogP contribution in [0.3, 0.4) is 0 Å². The number of imidazole rings is 1. The Balaban J connectivity index is 1.57. The fourth-order valence-electron chi connectivity index (χ4n) is 2.34. The molecule has 0 bridgehead atoms. The molecule has 0 aliphatic rings. The van der Waals surface area contributed by atoms with E-state index >= 15 is 0 Å². The number of nitrogens with one attached hydrogen (secondary N) is 1. The van der Waals surface area contributed by atoms with Crippen LogP contribution in [0.25, 0.3) is 0 Å². The van der Waals surface area contributed by atoms with Gasteiger partial charge in [-0.2, -0.15) is 0 Å². The summed E-state index contributed by atoms with van der Waals surface area (Å²) in [6, 6.07) is 14.2. The van der Waals surface area contributed by atoms with Crippen LogP contribution < -0.4 is 5.32 Å². The SMILES string of the molecule is Cc1ccc(Cn2ccnc2SCC(=O)Nc2cccc(F)c2)cc1. The van der Waals surface area contributed by atoms with Gasteiger partial charge < -0.3 is 9.88 Å². The van der Waals surface area contributed by atoms with Gasteiger partial charge in [0.05, 0.1) is 5.75 Å². The molecule has 3 aromatic rings. The second-order valence-corrected chi connectivity index (χ2v) is 6.61. The maximum Gasteiger partial charge on any atom is 0.234 e. The second kappa shape index (κ2) is 7.98. The molecular formula is C19H18FN3OS. The number of halogens is 1. The summed E-state index contributed by atoms with van der Waals surface area (Å²) in [4.78, 5) is 16.3. The molecule has 0 aliphatic heterocycles. The van der Waals surface area contributed by atoms with Crippen LogP contribution >= 0.6 is 11.8 Å². The van der Waals surface area contributed by atoms with Crippen LogP contribution in [0.2, 0.25) is 0 Å². The van der Waals surface area contributed by atoms with E-state index in [2.05, 4.69) is 41.5 Å². The number of thioether (sulfide) groups is 1. The van der Waals surface area contributed by atoms with Crippen molar-refractivity contribution in [1.29, 1.82) is 0 Å². The van der Waals surface area contributed by atoms with E-state index in [9.17, 15) is 9.18 Å². The first-order valence-electron chi connectivity index (χ1n) is 7.85. The zero-order valence-corrected chi connectivity index (χ0v) is 14.6. The summed E-state index contributed by atoms with van der Waals surface area (Å²) in [6.45, 7) is 2.76. The van der Waals surface area contributed by atoms with Crippen molar-refractivity contribution in [3.63, 3.8) is 0 Å². The van der Waals surface area contributed by atoms with Gasteiger partial charge in [0.1, 0.15) is 5.82 Å². The summed E-state index contributed by atoms with van der Waals surface area (Å²) in [7, 11) is 0. The minimum absolute atomic E-state index is 0.194. The van der Waals surface area contributed by atoms with Gasteiger partial charge in [-0.15, -0.1) is 0 Å². The highest BCUT2D eigenvalue weighted by atomic mass is 32.2. The van der Waals surface area contributed by atoms with E-state index in [0.717, 1.165) is 5.16 Å². The number of carbonyl (C=O) groups is 1. The maximum atomic E-state index is 13.1. The predicted octanol–water partition coefficient (Wildman–Crippen LogP) is 4.11. The van der Waals surface area contributed by atoms with Crippen LogP contribution in [-0.2, 0) is 11.3 Å². The third-order valence-electron chi connectivity index (χ3n) is 3.59. The zero-order valence-electron chi connectivity index (χ0n) is 13.8. The monoisotopic (exact) mass is 355 g/mol. The first kappa shape index (κ1) is 17.2. The third kappa shape index (κ3) is 4.93. The first-order valence-corrected chi connectivity index (χ1v) is 8.83. The van der Waals surface area contributed by atoms with Gasteiger partial charge in [0, 0.05) is 24.6 Å². The lowest BCUT2D eigenvalue weighted by atomic mass is 10.1. The fourth-order valence-corrected chi connectivity index (χ4v) is 3.10. The molecule has 4 nitrogen and oxygen atoms in total. The van der Waals surface area contributed by atoms with E-state index in [4.69, 9.17) is 0 Å². The highest BCUT2D eigenvalue weighted by Crippen LogP contribution is 2.18. The van der Waals surface area contributed by atoms with Gasteiger partial charge in [-0.1, -0.05) is 47.7 Å². The molecule has 6 heteroatoms. The minimum atomic E-state index is -0.376. The molecule has 0 atom stereocenters. The second-order valence-electron chi connectivity index (χ2n) is 5.67. The number of hydrogen-bond acceptors (Lipinski definition) is 3. The van der Waals surface area contributed by atoms with Crippen molar-refractivity contribution >= 4 is 23.4 Å². The number of amides is 1. The largest absolute Gasteiger partial charge is 0.325 e. The van der Waals surface area contributed by atoms with Gasteiger partial charge in [-0.3, -0.25) is 4.79 Å². The Bertz CT molecular complexity index is 861. The Labute approximate surface area is 150 Å². The Kier molecular flexibility index (Phi) is 5.50. The Morgan fingerprint density at radius 2 is 2.04 bits per heavy atom. The molecule has 1 aromatic heterocycles. The number of rotatable bonds is 6. The number of anilines is 1. The van der Waals surface area contributed by atoms with Crippen molar-refractivity contribution in [2.45, 2.75) is 18.6 Å². The quantitative estimate of drug-likeness (QED) is 0.677. The van der Waals surface area contributed by atoms with Crippen molar-refractivity contribution in [3.8, 4) is 0 Å². The molecule has 0 fully saturated rings. The molecule has 0 spiro atoms. The zero-order chi connectivity index (χ0) is 17.6. The molecule has 128 valence electrons. The molecule has 0 saturated heterocycles. The number of nitrogens with zero attached hydrogens (tertiary/aromatic N) is 2. The molecule has 0 saturated carbocycles. The summed E-state index contributed by atoms with van der Waals surface area (Å²) >= 11 is 1.35. The lowest BCUT2D eigenvalue weighted by Crippen LogP contribution is -2.14. The summed E-state index contributed by atoms with van der Waals surface area (Å²) in [5.41, 5.74) is 2.85. The lowest BCUT2D eigenvalue weighted by Gasteiger charge is -2.08. The van der Waals surface area contributed by atoms with E-state index in [1.54, 1.807) is 18.3 Å². The van der Waals surface area contributed by atoms with Gasteiger partial charge in [0.15, 0.2) is 5.16 Å². The number of hydrogen-bond donors (Lipinski definition) is 1. The normalized spacial score (nSPS) is 10.6. The molecule has 1 N–H and O–H groups in total. The number of aromatic nitrogens is 2. The predicted molar refractivity (Wildman–Crippen MR) is 98.3 cm³/mol. The van der Waals surface area contributed by atoms with E-state index in [1.807, 2.05) is 10.8 Å². The molecule has 0 unspecified atom stereocenters. The molecule has 0 aliphatic carbocycles. The minimum Gasteiger partial charge on any atom is -0.325 e. The number of aryl methyl sites for hydroxylation is 1. The van der Waals surface area contributed by atoms with Crippen molar-refractivity contribution < 1.29 is 9.18 Å². The van der Waals surface area contributed by atoms with E-state index < -0.39 is 0 Å².